The van der Waals surface area contributed by atoms with E-state index in [0.29, 0.717) is 13.2 Å². The zero-order valence-corrected chi connectivity index (χ0v) is 9.97. The van der Waals surface area contributed by atoms with Crippen molar-refractivity contribution in [2.24, 2.45) is 0 Å². The monoisotopic (exact) mass is 252 g/mol. The Kier molecular flexibility index (Phi) is 7.88. The van der Waals surface area contributed by atoms with Gasteiger partial charge in [-0.3, -0.25) is 9.59 Å². The lowest BCUT2D eigenvalue weighted by Gasteiger charge is -2.22. The second-order valence-electron chi connectivity index (χ2n) is 3.18. The summed E-state index contributed by atoms with van der Waals surface area (Å²) in [5.41, 5.74) is 0. The molecule has 16 heavy (non-hydrogen) atoms. The molecule has 0 radical (unpaired) electrons. The van der Waals surface area contributed by atoms with E-state index in [1.807, 2.05) is 0 Å². The van der Waals surface area contributed by atoms with Gasteiger partial charge in [-0.25, -0.2) is 0 Å². The van der Waals surface area contributed by atoms with Crippen LogP contribution in [0.2, 0.25) is 0 Å². The summed E-state index contributed by atoms with van der Waals surface area (Å²) >= 11 is 0. The quantitative estimate of drug-likeness (QED) is 0.633. The van der Waals surface area contributed by atoms with Crippen molar-refractivity contribution in [1.82, 2.24) is 10.6 Å². The predicted octanol–water partition coefficient (Wildman–Crippen LogP) is -0.924. The first-order chi connectivity index (χ1) is 7.24. The van der Waals surface area contributed by atoms with Gasteiger partial charge in [0.15, 0.2) is 0 Å². The van der Waals surface area contributed by atoms with Gasteiger partial charge >= 0.3 is 5.97 Å². The molecule has 1 amide bonds. The molecule has 0 aliphatic carbocycles. The van der Waals surface area contributed by atoms with Crippen LogP contribution in [0.4, 0.5) is 0 Å². The van der Waals surface area contributed by atoms with Gasteiger partial charge < -0.3 is 20.1 Å². The minimum Gasteiger partial charge on any atom is -0.469 e. The number of morpholine rings is 1. The Labute approximate surface area is 100 Å². The molecule has 0 aromatic heterocycles. The van der Waals surface area contributed by atoms with Crippen LogP contribution >= 0.6 is 12.4 Å². The van der Waals surface area contributed by atoms with Gasteiger partial charge in [-0.15, -0.1) is 12.4 Å². The summed E-state index contributed by atoms with van der Waals surface area (Å²) < 4.78 is 9.68. The summed E-state index contributed by atoms with van der Waals surface area (Å²) in [6, 6.07) is 0. The van der Waals surface area contributed by atoms with Crippen molar-refractivity contribution in [2.45, 2.75) is 12.5 Å². The van der Waals surface area contributed by atoms with Gasteiger partial charge in [-0.05, 0) is 0 Å². The van der Waals surface area contributed by atoms with Crippen molar-refractivity contribution in [1.29, 1.82) is 0 Å². The summed E-state index contributed by atoms with van der Waals surface area (Å²) in [6.07, 6.45) is -0.265. The first-order valence-corrected chi connectivity index (χ1v) is 4.91. The maximum Gasteiger partial charge on any atom is 0.307 e. The third kappa shape index (κ3) is 5.29. The molecule has 1 aliphatic heterocycles. The minimum absolute atomic E-state index is 0. The van der Waals surface area contributed by atoms with E-state index in [1.165, 1.54) is 7.11 Å². The molecule has 0 saturated carbocycles. The van der Waals surface area contributed by atoms with Gasteiger partial charge in [0.25, 0.3) is 0 Å². The van der Waals surface area contributed by atoms with E-state index in [-0.39, 0.29) is 37.2 Å². The van der Waals surface area contributed by atoms with Gasteiger partial charge in [0.2, 0.25) is 5.91 Å². The molecule has 0 aromatic rings. The average molecular weight is 253 g/mol. The van der Waals surface area contributed by atoms with E-state index in [2.05, 4.69) is 15.4 Å². The van der Waals surface area contributed by atoms with Crippen LogP contribution in [0.15, 0.2) is 0 Å². The average Bonchev–Trinajstić information content (AvgIpc) is 2.29. The predicted molar refractivity (Wildman–Crippen MR) is 59.5 cm³/mol. The van der Waals surface area contributed by atoms with Gasteiger partial charge in [-0.2, -0.15) is 0 Å². The molecule has 0 spiro atoms. The van der Waals surface area contributed by atoms with Crippen LogP contribution in [0.5, 0.6) is 0 Å². The number of rotatable bonds is 4. The number of methoxy groups -OCH3 is 1. The maximum atomic E-state index is 11.4. The van der Waals surface area contributed by atoms with Crippen LogP contribution < -0.4 is 10.6 Å². The number of carbonyl (C=O) groups is 2. The second-order valence-corrected chi connectivity index (χ2v) is 3.18. The van der Waals surface area contributed by atoms with Crippen LogP contribution in [0.25, 0.3) is 0 Å². The van der Waals surface area contributed by atoms with E-state index in [1.54, 1.807) is 0 Å². The zero-order valence-electron chi connectivity index (χ0n) is 9.15. The van der Waals surface area contributed by atoms with Crippen molar-refractivity contribution in [3.63, 3.8) is 0 Å². The van der Waals surface area contributed by atoms with Crippen LogP contribution in [0.1, 0.15) is 6.42 Å². The van der Waals surface area contributed by atoms with Crippen molar-refractivity contribution in [2.75, 3.05) is 33.4 Å². The Hall–Kier alpha value is -0.850. The topological polar surface area (TPSA) is 76.7 Å². The molecule has 1 unspecified atom stereocenters. The number of hydrogen-bond acceptors (Lipinski definition) is 5. The molecule has 1 heterocycles. The Morgan fingerprint density at radius 2 is 2.31 bits per heavy atom. The fourth-order valence-electron chi connectivity index (χ4n) is 1.24. The smallest absolute Gasteiger partial charge is 0.307 e. The van der Waals surface area contributed by atoms with Gasteiger partial charge in [0.1, 0.15) is 6.10 Å². The molecule has 1 rings (SSSR count). The Balaban J connectivity index is 0.00000225. The standard InChI is InChI=1S/C9H16N2O4.ClH/c1-14-8(12)2-3-11-9(13)7-6-10-4-5-15-7;/h7,10H,2-6H2,1H3,(H,11,13);1H. The summed E-state index contributed by atoms with van der Waals surface area (Å²) in [5.74, 6) is -0.524. The van der Waals surface area contributed by atoms with E-state index in [4.69, 9.17) is 4.74 Å². The lowest BCUT2D eigenvalue weighted by molar-refractivity contribution is -0.140. The molecule has 1 saturated heterocycles. The summed E-state index contributed by atoms with van der Waals surface area (Å²) in [6.45, 7) is 2.11. The van der Waals surface area contributed by atoms with Crippen LogP contribution in [-0.4, -0.2) is 51.3 Å². The highest BCUT2D eigenvalue weighted by Crippen LogP contribution is 1.95. The highest BCUT2D eigenvalue weighted by Gasteiger charge is 2.21. The van der Waals surface area contributed by atoms with Crippen molar-refractivity contribution >= 4 is 24.3 Å². The van der Waals surface area contributed by atoms with E-state index >= 15 is 0 Å². The molecule has 0 aromatic carbocycles. The highest BCUT2D eigenvalue weighted by molar-refractivity contribution is 5.85. The van der Waals surface area contributed by atoms with Crippen molar-refractivity contribution in [3.05, 3.63) is 0 Å². The maximum absolute atomic E-state index is 11.4. The van der Waals surface area contributed by atoms with Gasteiger partial charge in [0.05, 0.1) is 20.1 Å². The fraction of sp³-hybridized carbons (Fsp3) is 0.778. The normalized spacial score (nSPS) is 19.4. The Bertz CT molecular complexity index is 232. The summed E-state index contributed by atoms with van der Waals surface area (Å²) in [5, 5.41) is 5.66. The SMILES string of the molecule is COC(=O)CCNC(=O)C1CNCCO1.Cl. The van der Waals surface area contributed by atoms with Gasteiger partial charge in [0, 0.05) is 19.6 Å². The van der Waals surface area contributed by atoms with E-state index in [9.17, 15) is 9.59 Å². The largest absolute Gasteiger partial charge is 0.469 e. The lowest BCUT2D eigenvalue weighted by atomic mass is 10.3. The first kappa shape index (κ1) is 15.2. The molecule has 1 fully saturated rings. The number of esters is 1. The number of nitrogens with one attached hydrogen (secondary N) is 2. The third-order valence-corrected chi connectivity index (χ3v) is 2.08. The van der Waals surface area contributed by atoms with Gasteiger partial charge in [-0.1, -0.05) is 0 Å². The molecule has 1 aliphatic rings. The minimum atomic E-state index is -0.448. The van der Waals surface area contributed by atoms with Crippen molar-refractivity contribution < 1.29 is 19.1 Å². The molecule has 0 bridgehead atoms. The van der Waals surface area contributed by atoms with E-state index in [0.717, 1.165) is 6.54 Å². The summed E-state index contributed by atoms with van der Waals surface area (Å²) in [7, 11) is 1.32. The molecule has 6 nitrogen and oxygen atoms in total. The van der Waals surface area contributed by atoms with Crippen LogP contribution in [-0.2, 0) is 19.1 Å². The first-order valence-electron chi connectivity index (χ1n) is 4.91. The molecule has 7 heteroatoms. The second kappa shape index (κ2) is 8.32. The third-order valence-electron chi connectivity index (χ3n) is 2.08. The lowest BCUT2D eigenvalue weighted by Crippen LogP contribution is -2.48. The Morgan fingerprint density at radius 3 is 2.88 bits per heavy atom. The number of halogens is 1. The molecular weight excluding hydrogens is 236 g/mol. The Morgan fingerprint density at radius 1 is 1.56 bits per heavy atom. The van der Waals surface area contributed by atoms with Crippen LogP contribution in [0, 0.1) is 0 Å². The van der Waals surface area contributed by atoms with Crippen LogP contribution in [0.3, 0.4) is 0 Å². The molecule has 2 N–H and O–H groups in total. The number of ether oxygens (including phenoxy) is 2. The number of amides is 1. The molecule has 94 valence electrons. The van der Waals surface area contributed by atoms with Crippen molar-refractivity contribution in [3.8, 4) is 0 Å². The number of hydrogen-bond donors (Lipinski definition) is 2. The fourth-order valence-corrected chi connectivity index (χ4v) is 1.24. The number of carbonyl (C=O) groups excluding carboxylic acids is 2. The molecular formula is C9H17ClN2O4. The highest BCUT2D eigenvalue weighted by atomic mass is 35.5. The molecule has 1 atom stereocenters. The van der Waals surface area contributed by atoms with E-state index < -0.39 is 6.10 Å². The zero-order chi connectivity index (χ0) is 11.1. The summed E-state index contributed by atoms with van der Waals surface area (Å²) in [4.78, 5) is 22.2.